The lowest BCUT2D eigenvalue weighted by atomic mass is 9.90. The second-order valence-corrected chi connectivity index (χ2v) is 10.3. The molecule has 170 valence electrons. The molecular formula is C26H31N7. The summed E-state index contributed by atoms with van der Waals surface area (Å²) in [5.74, 6) is 0. The Morgan fingerprint density at radius 3 is 2.70 bits per heavy atom. The summed E-state index contributed by atoms with van der Waals surface area (Å²) in [6.07, 6.45) is 3.86. The van der Waals surface area contributed by atoms with Gasteiger partial charge in [-0.3, -0.25) is 4.90 Å². The first-order valence-corrected chi connectivity index (χ1v) is 12.0. The first-order valence-electron chi connectivity index (χ1n) is 12.0. The molecule has 1 aromatic carbocycles. The number of nitrogens with two attached hydrogens (primary N) is 1. The second kappa shape index (κ2) is 7.47. The molecule has 0 saturated carbocycles. The number of benzene rings is 1. The number of nitriles is 1. The zero-order chi connectivity index (χ0) is 22.7. The van der Waals surface area contributed by atoms with E-state index in [2.05, 4.69) is 64.0 Å². The van der Waals surface area contributed by atoms with Gasteiger partial charge in [-0.2, -0.15) is 10.4 Å². The summed E-state index contributed by atoms with van der Waals surface area (Å²) in [5, 5.41) is 13.8. The topological polar surface area (TPSA) is 76.8 Å². The van der Waals surface area contributed by atoms with Crippen LogP contribution in [0.3, 0.4) is 0 Å². The van der Waals surface area contributed by atoms with Gasteiger partial charge in [0.2, 0.25) is 0 Å². The molecule has 0 radical (unpaired) electrons. The molecule has 3 aliphatic heterocycles. The van der Waals surface area contributed by atoms with Gasteiger partial charge in [0.25, 0.3) is 0 Å². The molecule has 2 saturated heterocycles. The zero-order valence-corrected chi connectivity index (χ0v) is 19.4. The van der Waals surface area contributed by atoms with Gasteiger partial charge in [-0.1, -0.05) is 6.07 Å². The van der Waals surface area contributed by atoms with Crippen LogP contribution in [0, 0.1) is 11.3 Å². The van der Waals surface area contributed by atoms with E-state index in [4.69, 9.17) is 5.73 Å². The fourth-order valence-corrected chi connectivity index (χ4v) is 5.94. The second-order valence-electron chi connectivity index (χ2n) is 10.3. The highest BCUT2D eigenvalue weighted by Crippen LogP contribution is 2.42. The lowest BCUT2D eigenvalue weighted by Gasteiger charge is -2.43. The summed E-state index contributed by atoms with van der Waals surface area (Å²) in [6, 6.07) is 16.1. The standard InChI is InChI=1S/C26H31N7/c1-18-15-31(23-6-4-21(14-27)33-24(23)7-10-29-33)17-25-22-5-3-20(13-19(22)16-32(18)25)30-11-8-26(2,28)9-12-30/h3-7,10,13,18,25H,8-9,11-12,15-17,28H2,1-2H3. The highest BCUT2D eigenvalue weighted by molar-refractivity contribution is 5.74. The quantitative estimate of drug-likeness (QED) is 0.658. The number of piperazine rings is 1. The van der Waals surface area contributed by atoms with Crippen molar-refractivity contribution < 1.29 is 0 Å². The Hall–Kier alpha value is -3.08. The van der Waals surface area contributed by atoms with Crippen molar-refractivity contribution in [2.24, 2.45) is 5.73 Å². The first kappa shape index (κ1) is 20.5. The van der Waals surface area contributed by atoms with Crippen molar-refractivity contribution in [3.05, 3.63) is 59.4 Å². The average molecular weight is 442 g/mol. The molecule has 2 fully saturated rings. The molecule has 7 nitrogen and oxygen atoms in total. The van der Waals surface area contributed by atoms with Gasteiger partial charge < -0.3 is 15.5 Å². The normalized spacial score (nSPS) is 24.5. The number of hydrogen-bond acceptors (Lipinski definition) is 6. The van der Waals surface area contributed by atoms with E-state index in [1.165, 1.54) is 16.8 Å². The molecule has 0 aliphatic carbocycles. The maximum absolute atomic E-state index is 9.43. The number of hydrogen-bond donors (Lipinski definition) is 1. The summed E-state index contributed by atoms with van der Waals surface area (Å²) in [4.78, 5) is 7.62. The lowest BCUT2D eigenvalue weighted by molar-refractivity contribution is 0.134. The van der Waals surface area contributed by atoms with Crippen LogP contribution in [0.15, 0.2) is 42.6 Å². The van der Waals surface area contributed by atoms with E-state index in [-0.39, 0.29) is 5.54 Å². The largest absolute Gasteiger partial charge is 0.371 e. The molecule has 0 spiro atoms. The molecule has 2 atom stereocenters. The highest BCUT2D eigenvalue weighted by Gasteiger charge is 2.39. The number of fused-ring (bicyclic) bond motifs is 4. The van der Waals surface area contributed by atoms with Crippen molar-refractivity contribution in [3.63, 3.8) is 0 Å². The van der Waals surface area contributed by atoms with Gasteiger partial charge in [0.15, 0.2) is 0 Å². The van der Waals surface area contributed by atoms with Gasteiger partial charge in [-0.05, 0) is 68.1 Å². The van der Waals surface area contributed by atoms with Crippen molar-refractivity contribution in [2.45, 2.75) is 50.9 Å². The Kier molecular flexibility index (Phi) is 4.65. The Morgan fingerprint density at radius 1 is 1.09 bits per heavy atom. The van der Waals surface area contributed by atoms with Gasteiger partial charge in [0.05, 0.1) is 23.4 Å². The van der Waals surface area contributed by atoms with E-state index in [1.54, 1.807) is 10.7 Å². The van der Waals surface area contributed by atoms with E-state index in [1.807, 2.05) is 12.1 Å². The predicted octanol–water partition coefficient (Wildman–Crippen LogP) is 3.29. The van der Waals surface area contributed by atoms with Crippen molar-refractivity contribution in [3.8, 4) is 6.07 Å². The summed E-state index contributed by atoms with van der Waals surface area (Å²) >= 11 is 0. The number of pyridine rings is 1. The number of rotatable bonds is 2. The molecule has 6 rings (SSSR count). The van der Waals surface area contributed by atoms with Gasteiger partial charge in [0.1, 0.15) is 11.8 Å². The van der Waals surface area contributed by atoms with Crippen LogP contribution in [-0.4, -0.2) is 52.3 Å². The van der Waals surface area contributed by atoms with Crippen LogP contribution in [-0.2, 0) is 6.54 Å². The molecule has 2 N–H and O–H groups in total. The Balaban J connectivity index is 1.28. The number of aromatic nitrogens is 2. The Bertz CT molecular complexity index is 1240. The number of nitrogens with zero attached hydrogens (tertiary/aromatic N) is 6. The Labute approximate surface area is 195 Å². The zero-order valence-electron chi connectivity index (χ0n) is 19.4. The summed E-state index contributed by atoms with van der Waals surface area (Å²) < 4.78 is 1.76. The van der Waals surface area contributed by atoms with Crippen LogP contribution in [0.2, 0.25) is 0 Å². The average Bonchev–Trinajstić information content (AvgIpc) is 3.43. The van der Waals surface area contributed by atoms with Crippen molar-refractivity contribution >= 4 is 16.9 Å². The first-order chi connectivity index (χ1) is 15.9. The van der Waals surface area contributed by atoms with E-state index in [9.17, 15) is 5.26 Å². The van der Waals surface area contributed by atoms with Crippen LogP contribution in [0.1, 0.15) is 49.6 Å². The van der Waals surface area contributed by atoms with Crippen LogP contribution in [0.25, 0.3) is 5.52 Å². The molecule has 5 heterocycles. The molecule has 2 unspecified atom stereocenters. The maximum Gasteiger partial charge on any atom is 0.142 e. The third-order valence-corrected chi connectivity index (χ3v) is 7.94. The van der Waals surface area contributed by atoms with Crippen molar-refractivity contribution in [2.75, 3.05) is 36.0 Å². The van der Waals surface area contributed by atoms with Gasteiger partial charge in [0, 0.05) is 50.0 Å². The third kappa shape index (κ3) is 3.36. The smallest absolute Gasteiger partial charge is 0.142 e. The van der Waals surface area contributed by atoms with Gasteiger partial charge in [-0.25, -0.2) is 4.52 Å². The van der Waals surface area contributed by atoms with E-state index in [0.717, 1.165) is 56.8 Å². The maximum atomic E-state index is 9.43. The van der Waals surface area contributed by atoms with Crippen LogP contribution in [0.5, 0.6) is 0 Å². The Morgan fingerprint density at radius 2 is 1.91 bits per heavy atom. The number of anilines is 2. The van der Waals surface area contributed by atoms with E-state index in [0.29, 0.717) is 17.8 Å². The number of piperidine rings is 1. The summed E-state index contributed by atoms with van der Waals surface area (Å²) in [7, 11) is 0. The molecule has 0 bridgehead atoms. The molecule has 0 amide bonds. The molecule has 7 heteroatoms. The predicted molar refractivity (Wildman–Crippen MR) is 130 cm³/mol. The van der Waals surface area contributed by atoms with Crippen molar-refractivity contribution in [1.82, 2.24) is 14.5 Å². The minimum atomic E-state index is -0.0286. The lowest BCUT2D eigenvalue weighted by Crippen LogP contribution is -2.51. The molecule has 3 aromatic rings. The minimum Gasteiger partial charge on any atom is -0.371 e. The summed E-state index contributed by atoms with van der Waals surface area (Å²) in [5.41, 5.74) is 13.3. The monoisotopic (exact) mass is 441 g/mol. The minimum absolute atomic E-state index is 0.0286. The summed E-state index contributed by atoms with van der Waals surface area (Å²) in [6.45, 7) is 9.48. The molecule has 33 heavy (non-hydrogen) atoms. The third-order valence-electron chi connectivity index (χ3n) is 7.94. The fourth-order valence-electron chi connectivity index (χ4n) is 5.94. The molecule has 2 aromatic heterocycles. The van der Waals surface area contributed by atoms with Crippen LogP contribution in [0.4, 0.5) is 11.4 Å². The van der Waals surface area contributed by atoms with Crippen LogP contribution >= 0.6 is 0 Å². The molecule has 3 aliphatic rings. The van der Waals surface area contributed by atoms with Crippen LogP contribution < -0.4 is 15.5 Å². The van der Waals surface area contributed by atoms with E-state index < -0.39 is 0 Å². The van der Waals surface area contributed by atoms with Crippen molar-refractivity contribution in [1.29, 1.82) is 5.26 Å². The van der Waals surface area contributed by atoms with Gasteiger partial charge in [-0.15, -0.1) is 0 Å². The molecular weight excluding hydrogens is 410 g/mol. The van der Waals surface area contributed by atoms with Gasteiger partial charge >= 0.3 is 0 Å². The SMILES string of the molecule is CC1CN(c2ccc(C#N)n3nccc23)CC2c3ccc(N4CCC(C)(N)CC4)cc3CN12. The fraction of sp³-hybridized carbons (Fsp3) is 0.462. The highest BCUT2D eigenvalue weighted by atomic mass is 15.3. The van der Waals surface area contributed by atoms with E-state index >= 15 is 0 Å².